The average molecular weight is 410 g/mol. The van der Waals surface area contributed by atoms with Crippen molar-refractivity contribution in [2.45, 2.75) is 44.9 Å². The summed E-state index contributed by atoms with van der Waals surface area (Å²) in [5, 5.41) is 4.64. The second kappa shape index (κ2) is 8.02. The van der Waals surface area contributed by atoms with Crippen LogP contribution in [0.3, 0.4) is 0 Å². The summed E-state index contributed by atoms with van der Waals surface area (Å²) in [5.41, 5.74) is 1.75. The monoisotopic (exact) mass is 409 g/mol. The highest BCUT2D eigenvalue weighted by Crippen LogP contribution is 2.26. The number of para-hydroxylation sites is 1. The summed E-state index contributed by atoms with van der Waals surface area (Å²) in [4.78, 5) is 14.2. The number of carbonyl (C=O) groups is 1. The molecule has 2 heterocycles. The van der Waals surface area contributed by atoms with Crippen molar-refractivity contribution in [2.24, 2.45) is 0 Å². The molecule has 1 unspecified atom stereocenters. The number of aryl methyl sites for hydroxylation is 1. The maximum atomic E-state index is 12.7. The fourth-order valence-corrected chi connectivity index (χ4v) is 5.29. The minimum absolute atomic E-state index is 0.0904. The predicted octanol–water partition coefficient (Wildman–Crippen LogP) is 3.15. The van der Waals surface area contributed by atoms with Gasteiger partial charge in [0.15, 0.2) is 9.84 Å². The van der Waals surface area contributed by atoms with E-state index in [0.717, 1.165) is 24.9 Å². The van der Waals surface area contributed by atoms with Gasteiger partial charge in [0.2, 0.25) is 5.91 Å². The van der Waals surface area contributed by atoms with Crippen molar-refractivity contribution in [1.82, 2.24) is 14.7 Å². The Morgan fingerprint density at radius 3 is 2.63 bits per heavy atom. The molecule has 1 saturated heterocycles. The first-order valence-electron chi connectivity index (χ1n) is 9.08. The van der Waals surface area contributed by atoms with Crippen molar-refractivity contribution in [3.05, 3.63) is 46.7 Å². The molecule has 0 spiro atoms. The fourth-order valence-electron chi connectivity index (χ4n) is 3.45. The topological polar surface area (TPSA) is 72.3 Å². The minimum atomic E-state index is -3.65. The van der Waals surface area contributed by atoms with Crippen molar-refractivity contribution in [3.63, 3.8) is 0 Å². The number of likely N-dealkylation sites (tertiary alicyclic amines) is 1. The van der Waals surface area contributed by atoms with E-state index < -0.39 is 15.6 Å². The van der Waals surface area contributed by atoms with Gasteiger partial charge in [0.1, 0.15) is 10.9 Å². The summed E-state index contributed by atoms with van der Waals surface area (Å²) in [6, 6.07) is 9.38. The Morgan fingerprint density at radius 1 is 1.26 bits per heavy atom. The Kier molecular flexibility index (Phi) is 5.91. The average Bonchev–Trinajstić information content (AvgIpc) is 2.90. The van der Waals surface area contributed by atoms with Crippen LogP contribution in [0.1, 0.15) is 37.4 Å². The quantitative estimate of drug-likeness (QED) is 0.760. The minimum Gasteiger partial charge on any atom is -0.339 e. The molecule has 0 bridgehead atoms. The Bertz CT molecular complexity index is 925. The molecule has 1 aromatic carbocycles. The number of piperidine rings is 1. The van der Waals surface area contributed by atoms with Crippen molar-refractivity contribution >= 4 is 27.3 Å². The van der Waals surface area contributed by atoms with Crippen LogP contribution in [-0.4, -0.2) is 47.3 Å². The van der Waals surface area contributed by atoms with Crippen LogP contribution in [0.2, 0.25) is 5.15 Å². The molecule has 0 N–H and O–H groups in total. The lowest BCUT2D eigenvalue weighted by molar-refractivity contribution is -0.131. The van der Waals surface area contributed by atoms with E-state index in [1.807, 2.05) is 37.3 Å². The zero-order valence-corrected chi connectivity index (χ0v) is 17.1. The molecule has 1 aliphatic heterocycles. The first-order chi connectivity index (χ1) is 12.8. The molecule has 27 heavy (non-hydrogen) atoms. The molecule has 146 valence electrons. The molecule has 0 aliphatic carbocycles. The number of aromatic nitrogens is 2. The van der Waals surface area contributed by atoms with Crippen LogP contribution in [0, 0.1) is 6.92 Å². The Labute approximate surface area is 165 Å². The van der Waals surface area contributed by atoms with Crippen molar-refractivity contribution < 1.29 is 13.2 Å². The number of sulfone groups is 1. The Balaban J connectivity index is 1.78. The zero-order chi connectivity index (χ0) is 19.6. The smallest absolute Gasteiger partial charge is 0.238 e. The van der Waals surface area contributed by atoms with Crippen LogP contribution in [0.15, 0.2) is 30.3 Å². The molecule has 3 rings (SSSR count). The lowest BCUT2D eigenvalue weighted by atomic mass is 10.0. The fraction of sp³-hybridized carbons (Fsp3) is 0.474. The van der Waals surface area contributed by atoms with Crippen LogP contribution in [0.5, 0.6) is 0 Å². The van der Waals surface area contributed by atoms with Gasteiger partial charge in [0.25, 0.3) is 0 Å². The molecule has 1 atom stereocenters. The van der Waals surface area contributed by atoms with E-state index in [1.54, 1.807) is 11.8 Å². The van der Waals surface area contributed by atoms with E-state index in [9.17, 15) is 13.2 Å². The van der Waals surface area contributed by atoms with Gasteiger partial charge < -0.3 is 4.90 Å². The highest BCUT2D eigenvalue weighted by atomic mass is 35.5. The third kappa shape index (κ3) is 4.52. The van der Waals surface area contributed by atoms with Gasteiger partial charge in [-0.25, -0.2) is 13.1 Å². The van der Waals surface area contributed by atoms with E-state index in [2.05, 4.69) is 5.10 Å². The molecule has 1 fully saturated rings. The molecular weight excluding hydrogens is 386 g/mol. The number of hydrogen-bond acceptors (Lipinski definition) is 4. The van der Waals surface area contributed by atoms with Gasteiger partial charge in [-0.1, -0.05) is 29.8 Å². The molecular formula is C19H24ClN3O3S. The number of rotatable bonds is 5. The number of hydrogen-bond donors (Lipinski definition) is 0. The van der Waals surface area contributed by atoms with Crippen molar-refractivity contribution in [1.29, 1.82) is 0 Å². The van der Waals surface area contributed by atoms with Crippen molar-refractivity contribution in [3.8, 4) is 5.69 Å². The SMILES string of the molecule is Cc1nn(-c2ccccc2)c(Cl)c1CS(=O)(=O)CC(=O)N1CCCCC1C. The number of amides is 1. The summed E-state index contributed by atoms with van der Waals surface area (Å²) < 4.78 is 26.9. The Hall–Kier alpha value is -1.86. The molecule has 1 aromatic heterocycles. The largest absolute Gasteiger partial charge is 0.339 e. The van der Waals surface area contributed by atoms with Gasteiger partial charge in [-0.2, -0.15) is 5.10 Å². The highest BCUT2D eigenvalue weighted by Gasteiger charge is 2.29. The molecule has 1 amide bonds. The van der Waals surface area contributed by atoms with E-state index in [4.69, 9.17) is 11.6 Å². The van der Waals surface area contributed by atoms with Gasteiger partial charge >= 0.3 is 0 Å². The van der Waals surface area contributed by atoms with Gasteiger partial charge in [-0.05, 0) is 45.2 Å². The maximum absolute atomic E-state index is 12.7. The maximum Gasteiger partial charge on any atom is 0.238 e. The number of carbonyl (C=O) groups excluding carboxylic acids is 1. The third-order valence-corrected chi connectivity index (χ3v) is 6.76. The molecule has 2 aromatic rings. The van der Waals surface area contributed by atoms with Crippen LogP contribution in [0.25, 0.3) is 5.69 Å². The van der Waals surface area contributed by atoms with Gasteiger partial charge in [0, 0.05) is 18.2 Å². The normalized spacial score (nSPS) is 17.9. The van der Waals surface area contributed by atoms with E-state index in [0.29, 0.717) is 17.8 Å². The van der Waals surface area contributed by atoms with Gasteiger partial charge in [0.05, 0.1) is 17.1 Å². The summed E-state index contributed by atoms with van der Waals surface area (Å²) >= 11 is 6.42. The molecule has 0 radical (unpaired) electrons. The summed E-state index contributed by atoms with van der Waals surface area (Å²) in [6.07, 6.45) is 2.91. The molecule has 1 aliphatic rings. The van der Waals surface area contributed by atoms with Crippen LogP contribution < -0.4 is 0 Å². The summed E-state index contributed by atoms with van der Waals surface area (Å²) in [5.74, 6) is -1.12. The van der Waals surface area contributed by atoms with E-state index in [1.165, 1.54) is 4.68 Å². The second-order valence-electron chi connectivity index (χ2n) is 7.07. The number of nitrogens with zero attached hydrogens (tertiary/aromatic N) is 3. The van der Waals surface area contributed by atoms with Crippen LogP contribution >= 0.6 is 11.6 Å². The van der Waals surface area contributed by atoms with Crippen LogP contribution in [0.4, 0.5) is 0 Å². The first-order valence-corrected chi connectivity index (χ1v) is 11.3. The van der Waals surface area contributed by atoms with Gasteiger partial charge in [-0.3, -0.25) is 4.79 Å². The molecule has 0 saturated carbocycles. The van der Waals surface area contributed by atoms with E-state index in [-0.39, 0.29) is 22.9 Å². The predicted molar refractivity (Wildman–Crippen MR) is 106 cm³/mol. The highest BCUT2D eigenvalue weighted by molar-refractivity contribution is 7.91. The van der Waals surface area contributed by atoms with E-state index >= 15 is 0 Å². The van der Waals surface area contributed by atoms with Gasteiger partial charge in [-0.15, -0.1) is 0 Å². The summed E-state index contributed by atoms with van der Waals surface area (Å²) in [6.45, 7) is 4.32. The third-order valence-electron chi connectivity index (χ3n) is 4.95. The lowest BCUT2D eigenvalue weighted by Crippen LogP contribution is -2.44. The number of halogens is 1. The second-order valence-corrected chi connectivity index (χ2v) is 9.49. The first kappa shape index (κ1) is 19.9. The van der Waals surface area contributed by atoms with Crippen molar-refractivity contribution in [2.75, 3.05) is 12.3 Å². The molecule has 6 nitrogen and oxygen atoms in total. The zero-order valence-electron chi connectivity index (χ0n) is 15.6. The number of benzene rings is 1. The Morgan fingerprint density at radius 2 is 1.96 bits per heavy atom. The summed E-state index contributed by atoms with van der Waals surface area (Å²) in [7, 11) is -3.65. The molecule has 8 heteroatoms. The van der Waals surface area contributed by atoms with Crippen LogP contribution in [-0.2, 0) is 20.4 Å². The standard InChI is InChI=1S/C19H24ClN3O3S/c1-14-8-6-7-11-22(14)18(24)13-27(25,26)12-17-15(2)21-23(19(17)20)16-9-4-3-5-10-16/h3-5,9-10,14H,6-8,11-13H2,1-2H3. The lowest BCUT2D eigenvalue weighted by Gasteiger charge is -2.33.